The van der Waals surface area contributed by atoms with Gasteiger partial charge >= 0.3 is 12.0 Å². The quantitative estimate of drug-likeness (QED) is 0.852. The number of hydrogen-bond acceptors (Lipinski definition) is 3. The number of carbonyl (C=O) groups is 2. The molecule has 1 unspecified atom stereocenters. The van der Waals surface area contributed by atoms with Crippen molar-refractivity contribution >= 4 is 17.7 Å². The van der Waals surface area contributed by atoms with Crippen LogP contribution in [0.25, 0.3) is 0 Å². The largest absolute Gasteiger partial charge is 0.458 e. The summed E-state index contributed by atoms with van der Waals surface area (Å²) in [7, 11) is 0. The molecule has 0 aromatic heterocycles. The molecule has 1 fully saturated rings. The SMILES string of the molecule is CC(C)(C)OC(=O)C1CCCN1C(=O)Nc1ccccc1. The molecule has 21 heavy (non-hydrogen) atoms. The van der Waals surface area contributed by atoms with E-state index in [4.69, 9.17) is 4.74 Å². The summed E-state index contributed by atoms with van der Waals surface area (Å²) in [5, 5.41) is 2.81. The van der Waals surface area contributed by atoms with E-state index in [-0.39, 0.29) is 12.0 Å². The van der Waals surface area contributed by atoms with Gasteiger partial charge in [0.25, 0.3) is 0 Å². The molecule has 0 radical (unpaired) electrons. The Morgan fingerprint density at radius 1 is 1.24 bits per heavy atom. The smallest absolute Gasteiger partial charge is 0.329 e. The second-order valence-corrected chi connectivity index (χ2v) is 6.18. The molecule has 0 bridgehead atoms. The summed E-state index contributed by atoms with van der Waals surface area (Å²) in [6.07, 6.45) is 1.46. The number of anilines is 1. The van der Waals surface area contributed by atoms with Crippen LogP contribution in [0.2, 0.25) is 0 Å². The number of benzene rings is 1. The lowest BCUT2D eigenvalue weighted by Crippen LogP contribution is -2.45. The van der Waals surface area contributed by atoms with E-state index in [0.717, 1.165) is 12.1 Å². The number of hydrogen-bond donors (Lipinski definition) is 1. The summed E-state index contributed by atoms with van der Waals surface area (Å²) in [6, 6.07) is 8.47. The van der Waals surface area contributed by atoms with Crippen molar-refractivity contribution in [3.05, 3.63) is 30.3 Å². The average molecular weight is 290 g/mol. The summed E-state index contributed by atoms with van der Waals surface area (Å²) in [4.78, 5) is 26.0. The van der Waals surface area contributed by atoms with Crippen LogP contribution in [0.1, 0.15) is 33.6 Å². The standard InChI is InChI=1S/C16H22N2O3/c1-16(2,3)21-14(19)13-10-7-11-18(13)15(20)17-12-8-5-4-6-9-12/h4-6,8-9,13H,7,10-11H2,1-3H3,(H,17,20). The van der Waals surface area contributed by atoms with Gasteiger partial charge in [0.15, 0.2) is 0 Å². The van der Waals surface area contributed by atoms with Crippen LogP contribution in [0.4, 0.5) is 10.5 Å². The Morgan fingerprint density at radius 3 is 2.52 bits per heavy atom. The first-order valence-electron chi connectivity index (χ1n) is 7.22. The molecular formula is C16H22N2O3. The molecule has 5 nitrogen and oxygen atoms in total. The van der Waals surface area contributed by atoms with Gasteiger partial charge in [0, 0.05) is 12.2 Å². The van der Waals surface area contributed by atoms with Crippen LogP contribution < -0.4 is 5.32 Å². The minimum absolute atomic E-state index is 0.255. The highest BCUT2D eigenvalue weighted by Crippen LogP contribution is 2.22. The van der Waals surface area contributed by atoms with E-state index >= 15 is 0 Å². The van der Waals surface area contributed by atoms with Crippen molar-refractivity contribution in [3.63, 3.8) is 0 Å². The highest BCUT2D eigenvalue weighted by Gasteiger charge is 2.36. The van der Waals surface area contributed by atoms with Crippen molar-refractivity contribution in [3.8, 4) is 0 Å². The van der Waals surface area contributed by atoms with E-state index in [9.17, 15) is 9.59 Å². The predicted octanol–water partition coefficient (Wildman–Crippen LogP) is 3.02. The molecular weight excluding hydrogens is 268 g/mol. The summed E-state index contributed by atoms with van der Waals surface area (Å²) in [5.74, 6) is -0.330. The number of nitrogens with zero attached hydrogens (tertiary/aromatic N) is 1. The first-order chi connectivity index (χ1) is 9.87. The molecule has 2 amide bonds. The number of ether oxygens (including phenoxy) is 1. The number of esters is 1. The maximum Gasteiger partial charge on any atom is 0.329 e. The maximum absolute atomic E-state index is 12.3. The van der Waals surface area contributed by atoms with Crippen molar-refractivity contribution in [2.45, 2.75) is 45.3 Å². The van der Waals surface area contributed by atoms with Gasteiger partial charge in [0.1, 0.15) is 11.6 Å². The van der Waals surface area contributed by atoms with Crippen molar-refractivity contribution in [2.75, 3.05) is 11.9 Å². The number of carbonyl (C=O) groups excluding carboxylic acids is 2. The Hall–Kier alpha value is -2.04. The van der Waals surface area contributed by atoms with Gasteiger partial charge in [-0.05, 0) is 45.7 Å². The number of amides is 2. The lowest BCUT2D eigenvalue weighted by atomic mass is 10.1. The van der Waals surface area contributed by atoms with Crippen LogP contribution in [-0.2, 0) is 9.53 Å². The van der Waals surface area contributed by atoms with Crippen LogP contribution in [0.3, 0.4) is 0 Å². The topological polar surface area (TPSA) is 58.6 Å². The molecule has 1 N–H and O–H groups in total. The fourth-order valence-corrected chi connectivity index (χ4v) is 2.34. The van der Waals surface area contributed by atoms with Crippen molar-refractivity contribution in [1.29, 1.82) is 0 Å². The third-order valence-electron chi connectivity index (χ3n) is 3.22. The van der Waals surface area contributed by atoms with Gasteiger partial charge in [-0.15, -0.1) is 0 Å². The summed E-state index contributed by atoms with van der Waals surface area (Å²) in [6.45, 7) is 6.05. The predicted molar refractivity (Wildman–Crippen MR) is 81.0 cm³/mol. The van der Waals surface area contributed by atoms with Gasteiger partial charge in [0.05, 0.1) is 0 Å². The molecule has 2 rings (SSSR count). The van der Waals surface area contributed by atoms with E-state index in [1.54, 1.807) is 4.90 Å². The Labute approximate surface area is 125 Å². The minimum atomic E-state index is -0.540. The molecule has 1 aliphatic rings. The van der Waals surface area contributed by atoms with E-state index in [0.29, 0.717) is 13.0 Å². The maximum atomic E-state index is 12.3. The third-order valence-corrected chi connectivity index (χ3v) is 3.22. The highest BCUT2D eigenvalue weighted by atomic mass is 16.6. The highest BCUT2D eigenvalue weighted by molar-refractivity contribution is 5.93. The number of para-hydroxylation sites is 1. The van der Waals surface area contributed by atoms with Gasteiger partial charge in [-0.1, -0.05) is 18.2 Å². The zero-order valence-corrected chi connectivity index (χ0v) is 12.8. The number of likely N-dealkylation sites (tertiary alicyclic amines) is 1. The fraction of sp³-hybridized carbons (Fsp3) is 0.500. The molecule has 1 aromatic carbocycles. The number of nitrogens with one attached hydrogen (secondary N) is 1. The summed E-state index contributed by atoms with van der Waals surface area (Å²) >= 11 is 0. The Balaban J connectivity index is 2.01. The number of urea groups is 1. The van der Waals surface area contributed by atoms with Crippen LogP contribution in [0.5, 0.6) is 0 Å². The van der Waals surface area contributed by atoms with E-state index in [2.05, 4.69) is 5.32 Å². The van der Waals surface area contributed by atoms with Crippen LogP contribution in [0.15, 0.2) is 30.3 Å². The lowest BCUT2D eigenvalue weighted by Gasteiger charge is -2.27. The van der Waals surface area contributed by atoms with Gasteiger partial charge < -0.3 is 15.0 Å². The Bertz CT molecular complexity index is 508. The molecule has 114 valence electrons. The molecule has 0 saturated carbocycles. The molecule has 1 heterocycles. The first-order valence-corrected chi connectivity index (χ1v) is 7.22. The van der Waals surface area contributed by atoms with Crippen LogP contribution in [-0.4, -0.2) is 35.1 Å². The summed E-state index contributed by atoms with van der Waals surface area (Å²) < 4.78 is 5.39. The molecule has 5 heteroatoms. The molecule has 1 aliphatic heterocycles. The number of rotatable bonds is 2. The van der Waals surface area contributed by atoms with E-state index in [1.807, 2.05) is 51.1 Å². The third kappa shape index (κ3) is 4.21. The van der Waals surface area contributed by atoms with Crippen LogP contribution >= 0.6 is 0 Å². The normalized spacial score (nSPS) is 18.4. The van der Waals surface area contributed by atoms with Gasteiger partial charge in [-0.3, -0.25) is 0 Å². The lowest BCUT2D eigenvalue weighted by molar-refractivity contribution is -0.159. The van der Waals surface area contributed by atoms with E-state index < -0.39 is 11.6 Å². The Kier molecular flexibility index (Phi) is 4.50. The van der Waals surface area contributed by atoms with Gasteiger partial charge in [0.2, 0.25) is 0 Å². The average Bonchev–Trinajstić information content (AvgIpc) is 2.87. The molecule has 0 spiro atoms. The van der Waals surface area contributed by atoms with E-state index in [1.165, 1.54) is 0 Å². The van der Waals surface area contributed by atoms with Crippen molar-refractivity contribution in [2.24, 2.45) is 0 Å². The van der Waals surface area contributed by atoms with Crippen molar-refractivity contribution in [1.82, 2.24) is 4.90 Å². The fourth-order valence-electron chi connectivity index (χ4n) is 2.34. The van der Waals surface area contributed by atoms with Crippen molar-refractivity contribution < 1.29 is 14.3 Å². The zero-order chi connectivity index (χ0) is 15.5. The molecule has 1 aromatic rings. The molecule has 1 atom stereocenters. The molecule has 0 aliphatic carbocycles. The monoisotopic (exact) mass is 290 g/mol. The molecule has 1 saturated heterocycles. The first kappa shape index (κ1) is 15.4. The zero-order valence-electron chi connectivity index (χ0n) is 12.8. The van der Waals surface area contributed by atoms with Crippen LogP contribution in [0, 0.1) is 0 Å². The van der Waals surface area contributed by atoms with Gasteiger partial charge in [-0.2, -0.15) is 0 Å². The Morgan fingerprint density at radius 2 is 1.90 bits per heavy atom. The second-order valence-electron chi connectivity index (χ2n) is 6.18. The minimum Gasteiger partial charge on any atom is -0.458 e. The second kappa shape index (κ2) is 6.16. The summed E-state index contributed by atoms with van der Waals surface area (Å²) in [5.41, 5.74) is 0.179. The van der Waals surface area contributed by atoms with Gasteiger partial charge in [-0.25, -0.2) is 9.59 Å².